The van der Waals surface area contributed by atoms with Gasteiger partial charge in [0.15, 0.2) is 0 Å². The third kappa shape index (κ3) is 4.36. The molecule has 5 nitrogen and oxygen atoms in total. The molecule has 0 radical (unpaired) electrons. The van der Waals surface area contributed by atoms with Crippen molar-refractivity contribution in [1.29, 1.82) is 0 Å². The van der Waals surface area contributed by atoms with Gasteiger partial charge >= 0.3 is 0 Å². The Hall–Kier alpha value is -1.07. The molecule has 0 saturated heterocycles. The number of carbonyl (C=O) groups excluding carboxylic acids is 1. The molecule has 6 heteroatoms. The standard InChI is InChI=1S/C11H20N4O.ClH/c1-8(5-12)10(16)14-9-6-13-15(7-9)11(2,3)4;/h6-8H,5,12H2,1-4H3,(H,14,16);1H. The predicted molar refractivity (Wildman–Crippen MR) is 71.3 cm³/mol. The molecule has 1 atom stereocenters. The van der Waals surface area contributed by atoms with E-state index in [2.05, 4.69) is 10.4 Å². The van der Waals surface area contributed by atoms with E-state index in [9.17, 15) is 4.79 Å². The highest BCUT2D eigenvalue weighted by Gasteiger charge is 2.16. The van der Waals surface area contributed by atoms with E-state index in [0.29, 0.717) is 12.2 Å². The summed E-state index contributed by atoms with van der Waals surface area (Å²) in [7, 11) is 0. The van der Waals surface area contributed by atoms with Crippen molar-refractivity contribution in [2.45, 2.75) is 33.2 Å². The van der Waals surface area contributed by atoms with Crippen LogP contribution in [0.2, 0.25) is 0 Å². The second kappa shape index (κ2) is 6.02. The van der Waals surface area contributed by atoms with Crippen molar-refractivity contribution in [3.63, 3.8) is 0 Å². The monoisotopic (exact) mass is 260 g/mol. The maximum atomic E-state index is 11.6. The summed E-state index contributed by atoms with van der Waals surface area (Å²) in [5, 5.41) is 6.98. The minimum Gasteiger partial charge on any atom is -0.330 e. The molecule has 0 aliphatic carbocycles. The van der Waals surface area contributed by atoms with E-state index in [1.807, 2.05) is 31.6 Å². The van der Waals surface area contributed by atoms with Crippen LogP contribution in [0, 0.1) is 5.92 Å². The van der Waals surface area contributed by atoms with Gasteiger partial charge < -0.3 is 11.1 Å². The van der Waals surface area contributed by atoms with E-state index in [-0.39, 0.29) is 29.8 Å². The number of nitrogens with two attached hydrogens (primary N) is 1. The summed E-state index contributed by atoms with van der Waals surface area (Å²) in [6.45, 7) is 8.29. The number of nitrogens with zero attached hydrogens (tertiary/aromatic N) is 2. The van der Waals surface area contributed by atoms with Gasteiger partial charge in [-0.15, -0.1) is 12.4 Å². The van der Waals surface area contributed by atoms with Crippen molar-refractivity contribution in [3.05, 3.63) is 12.4 Å². The lowest BCUT2D eigenvalue weighted by molar-refractivity contribution is -0.119. The van der Waals surface area contributed by atoms with E-state index in [4.69, 9.17) is 5.73 Å². The van der Waals surface area contributed by atoms with Gasteiger partial charge in [-0.3, -0.25) is 9.48 Å². The zero-order valence-corrected chi connectivity index (χ0v) is 11.5. The van der Waals surface area contributed by atoms with Crippen LogP contribution in [0.25, 0.3) is 0 Å². The van der Waals surface area contributed by atoms with Gasteiger partial charge in [-0.25, -0.2) is 0 Å². The number of rotatable bonds is 3. The van der Waals surface area contributed by atoms with Crippen molar-refractivity contribution >= 4 is 24.0 Å². The van der Waals surface area contributed by atoms with Crippen LogP contribution in [0.1, 0.15) is 27.7 Å². The molecule has 0 aromatic carbocycles. The Morgan fingerprint density at radius 1 is 1.59 bits per heavy atom. The van der Waals surface area contributed by atoms with Gasteiger partial charge in [-0.1, -0.05) is 6.92 Å². The molecule has 1 aromatic heterocycles. The summed E-state index contributed by atoms with van der Waals surface area (Å²) in [5.41, 5.74) is 6.05. The third-order valence-corrected chi connectivity index (χ3v) is 2.34. The smallest absolute Gasteiger partial charge is 0.228 e. The highest BCUT2D eigenvalue weighted by atomic mass is 35.5. The summed E-state index contributed by atoms with van der Waals surface area (Å²) in [5.74, 6) is -0.256. The molecular weight excluding hydrogens is 240 g/mol. The molecule has 1 aromatic rings. The maximum absolute atomic E-state index is 11.6. The Morgan fingerprint density at radius 2 is 2.18 bits per heavy atom. The van der Waals surface area contributed by atoms with Crippen LogP contribution in [0.4, 0.5) is 5.69 Å². The van der Waals surface area contributed by atoms with Gasteiger partial charge in [-0.2, -0.15) is 5.10 Å². The average molecular weight is 261 g/mol. The lowest BCUT2D eigenvalue weighted by Crippen LogP contribution is -2.26. The number of amides is 1. The Kier molecular flexibility index (Phi) is 5.64. The second-order valence-corrected chi connectivity index (χ2v) is 4.97. The molecule has 0 aliphatic heterocycles. The van der Waals surface area contributed by atoms with Crippen LogP contribution in [0.5, 0.6) is 0 Å². The number of aromatic nitrogens is 2. The quantitative estimate of drug-likeness (QED) is 0.867. The normalized spacial score (nSPS) is 12.8. The maximum Gasteiger partial charge on any atom is 0.228 e. The van der Waals surface area contributed by atoms with Gasteiger partial charge in [0, 0.05) is 18.7 Å². The molecule has 0 fully saturated rings. The number of hydrogen-bond donors (Lipinski definition) is 2. The molecule has 1 rings (SSSR count). The molecule has 98 valence electrons. The van der Waals surface area contributed by atoms with E-state index in [0.717, 1.165) is 0 Å². The van der Waals surface area contributed by atoms with Crippen molar-refractivity contribution in [3.8, 4) is 0 Å². The van der Waals surface area contributed by atoms with E-state index in [1.54, 1.807) is 13.1 Å². The molecule has 17 heavy (non-hydrogen) atoms. The Morgan fingerprint density at radius 3 is 2.59 bits per heavy atom. The minimum atomic E-state index is -0.182. The summed E-state index contributed by atoms with van der Waals surface area (Å²) in [6, 6.07) is 0. The third-order valence-electron chi connectivity index (χ3n) is 2.34. The van der Waals surface area contributed by atoms with Crippen LogP contribution in [0.15, 0.2) is 12.4 Å². The zero-order chi connectivity index (χ0) is 12.3. The molecule has 0 spiro atoms. The molecule has 0 aliphatic rings. The number of nitrogens with one attached hydrogen (secondary N) is 1. The topological polar surface area (TPSA) is 72.9 Å². The number of hydrogen-bond acceptors (Lipinski definition) is 3. The highest BCUT2D eigenvalue weighted by molar-refractivity contribution is 5.92. The summed E-state index contributed by atoms with van der Waals surface area (Å²) in [6.07, 6.45) is 3.47. The van der Waals surface area contributed by atoms with Crippen molar-refractivity contribution in [2.75, 3.05) is 11.9 Å². The first-order valence-corrected chi connectivity index (χ1v) is 5.40. The Bertz CT molecular complexity index is 370. The first-order valence-electron chi connectivity index (χ1n) is 5.40. The minimum absolute atomic E-state index is 0. The van der Waals surface area contributed by atoms with Crippen LogP contribution in [0.3, 0.4) is 0 Å². The zero-order valence-electron chi connectivity index (χ0n) is 10.7. The van der Waals surface area contributed by atoms with Crippen LogP contribution in [-0.2, 0) is 10.3 Å². The summed E-state index contributed by atoms with van der Waals surface area (Å²) >= 11 is 0. The fourth-order valence-corrected chi connectivity index (χ4v) is 1.13. The average Bonchev–Trinajstić information content (AvgIpc) is 2.64. The molecule has 1 amide bonds. The number of halogens is 1. The van der Waals surface area contributed by atoms with Crippen LogP contribution in [-0.4, -0.2) is 22.2 Å². The lowest BCUT2D eigenvalue weighted by Gasteiger charge is -2.18. The van der Waals surface area contributed by atoms with E-state index >= 15 is 0 Å². The van der Waals surface area contributed by atoms with Gasteiger partial charge in [-0.05, 0) is 20.8 Å². The van der Waals surface area contributed by atoms with Gasteiger partial charge in [0.25, 0.3) is 0 Å². The largest absolute Gasteiger partial charge is 0.330 e. The first kappa shape index (κ1) is 15.9. The van der Waals surface area contributed by atoms with E-state index in [1.165, 1.54) is 0 Å². The highest BCUT2D eigenvalue weighted by Crippen LogP contribution is 2.16. The predicted octanol–water partition coefficient (Wildman–Crippen LogP) is 1.59. The fraction of sp³-hybridized carbons (Fsp3) is 0.636. The van der Waals surface area contributed by atoms with Crippen molar-refractivity contribution in [1.82, 2.24) is 9.78 Å². The molecule has 0 bridgehead atoms. The first-order chi connectivity index (χ1) is 7.34. The SMILES string of the molecule is CC(CN)C(=O)Nc1cnn(C(C)(C)C)c1.Cl. The fourth-order valence-electron chi connectivity index (χ4n) is 1.13. The van der Waals surface area contributed by atoms with Crippen LogP contribution >= 0.6 is 12.4 Å². The van der Waals surface area contributed by atoms with Gasteiger partial charge in [0.05, 0.1) is 17.4 Å². The Balaban J connectivity index is 0.00000256. The Labute approximate surface area is 108 Å². The van der Waals surface area contributed by atoms with Gasteiger partial charge in [0.2, 0.25) is 5.91 Å². The molecule has 0 saturated carbocycles. The number of anilines is 1. The van der Waals surface area contributed by atoms with Crippen LogP contribution < -0.4 is 11.1 Å². The molecule has 3 N–H and O–H groups in total. The molecular formula is C11H21ClN4O. The van der Waals surface area contributed by atoms with Crippen molar-refractivity contribution < 1.29 is 4.79 Å². The lowest BCUT2D eigenvalue weighted by atomic mass is 10.1. The van der Waals surface area contributed by atoms with Gasteiger partial charge in [0.1, 0.15) is 0 Å². The molecule has 1 heterocycles. The summed E-state index contributed by atoms with van der Waals surface area (Å²) < 4.78 is 1.82. The van der Waals surface area contributed by atoms with E-state index < -0.39 is 0 Å². The summed E-state index contributed by atoms with van der Waals surface area (Å²) in [4.78, 5) is 11.6. The molecule has 1 unspecified atom stereocenters. The number of carbonyl (C=O) groups is 1. The van der Waals surface area contributed by atoms with Crippen molar-refractivity contribution in [2.24, 2.45) is 11.7 Å². The second-order valence-electron chi connectivity index (χ2n) is 4.97.